The standard InChI is InChI=1S/C24H28N2OS/c1-25(2)21-12-6-18(7-13-21)24(27,20-10-16-23(28-5)17-11-20)19-8-14-22(15-9-19)26(3)4/h6-17,27H,1-5H3. The molecule has 0 aliphatic rings. The monoisotopic (exact) mass is 392 g/mol. The number of nitrogens with zero attached hydrogens (tertiary/aromatic N) is 2. The molecule has 0 saturated carbocycles. The molecular formula is C24H28N2OS. The molecule has 146 valence electrons. The maximum Gasteiger partial charge on any atom is 0.140 e. The number of hydrogen-bond donors (Lipinski definition) is 1. The number of anilines is 2. The highest BCUT2D eigenvalue weighted by Gasteiger charge is 2.34. The Balaban J connectivity index is 2.14. The molecule has 0 fully saturated rings. The van der Waals surface area contributed by atoms with E-state index in [1.165, 1.54) is 4.90 Å². The van der Waals surface area contributed by atoms with Crippen molar-refractivity contribution in [2.24, 2.45) is 0 Å². The molecule has 3 aromatic carbocycles. The molecular weight excluding hydrogens is 364 g/mol. The molecule has 0 saturated heterocycles. The van der Waals surface area contributed by atoms with Crippen LogP contribution in [0.2, 0.25) is 0 Å². The molecule has 0 unspecified atom stereocenters. The van der Waals surface area contributed by atoms with Crippen molar-refractivity contribution >= 4 is 23.1 Å². The summed E-state index contributed by atoms with van der Waals surface area (Å²) in [5.41, 5.74) is 3.56. The van der Waals surface area contributed by atoms with Gasteiger partial charge in [-0.2, -0.15) is 0 Å². The number of thioether (sulfide) groups is 1. The fourth-order valence-electron chi connectivity index (χ4n) is 3.33. The van der Waals surface area contributed by atoms with Crippen LogP contribution in [0.15, 0.2) is 77.7 Å². The molecule has 0 heterocycles. The number of benzene rings is 3. The molecule has 0 radical (unpaired) electrons. The highest BCUT2D eigenvalue weighted by molar-refractivity contribution is 7.98. The van der Waals surface area contributed by atoms with Crippen molar-refractivity contribution in [1.29, 1.82) is 0 Å². The van der Waals surface area contributed by atoms with Gasteiger partial charge in [0.05, 0.1) is 0 Å². The summed E-state index contributed by atoms with van der Waals surface area (Å²) in [6.45, 7) is 0. The predicted octanol–water partition coefficient (Wildman–Crippen LogP) is 4.82. The smallest absolute Gasteiger partial charge is 0.140 e. The first-order chi connectivity index (χ1) is 13.4. The number of hydrogen-bond acceptors (Lipinski definition) is 4. The van der Waals surface area contributed by atoms with Gasteiger partial charge < -0.3 is 14.9 Å². The Kier molecular flexibility index (Phi) is 6.01. The molecule has 3 nitrogen and oxygen atoms in total. The molecule has 0 bridgehead atoms. The third-order valence-electron chi connectivity index (χ3n) is 5.11. The summed E-state index contributed by atoms with van der Waals surface area (Å²) < 4.78 is 0. The first kappa shape index (κ1) is 20.3. The van der Waals surface area contributed by atoms with Crippen molar-refractivity contribution in [1.82, 2.24) is 0 Å². The van der Waals surface area contributed by atoms with Crippen LogP contribution >= 0.6 is 11.8 Å². The second-order valence-corrected chi connectivity index (χ2v) is 8.20. The lowest BCUT2D eigenvalue weighted by molar-refractivity contribution is 0.125. The lowest BCUT2D eigenvalue weighted by atomic mass is 9.80. The average molecular weight is 393 g/mol. The summed E-state index contributed by atoms with van der Waals surface area (Å²) in [7, 11) is 8.06. The lowest BCUT2D eigenvalue weighted by Crippen LogP contribution is -2.29. The fourth-order valence-corrected chi connectivity index (χ4v) is 3.74. The van der Waals surface area contributed by atoms with Crippen LogP contribution in [0.25, 0.3) is 0 Å². The molecule has 3 aromatic rings. The van der Waals surface area contributed by atoms with Crippen LogP contribution in [0, 0.1) is 0 Å². The highest BCUT2D eigenvalue weighted by Crippen LogP contribution is 2.38. The lowest BCUT2D eigenvalue weighted by Gasteiger charge is -2.31. The molecule has 0 aliphatic heterocycles. The normalized spacial score (nSPS) is 11.4. The van der Waals surface area contributed by atoms with Gasteiger partial charge in [-0.1, -0.05) is 36.4 Å². The van der Waals surface area contributed by atoms with Gasteiger partial charge in [-0.25, -0.2) is 0 Å². The zero-order chi connectivity index (χ0) is 20.3. The van der Waals surface area contributed by atoms with E-state index in [4.69, 9.17) is 0 Å². The van der Waals surface area contributed by atoms with Crippen molar-refractivity contribution in [3.8, 4) is 0 Å². The maximum absolute atomic E-state index is 12.0. The zero-order valence-corrected chi connectivity index (χ0v) is 18.0. The van der Waals surface area contributed by atoms with Crippen LogP contribution in [0.1, 0.15) is 16.7 Å². The van der Waals surface area contributed by atoms with Crippen molar-refractivity contribution < 1.29 is 5.11 Å². The van der Waals surface area contributed by atoms with Gasteiger partial charge in [0.2, 0.25) is 0 Å². The largest absolute Gasteiger partial charge is 0.378 e. The van der Waals surface area contributed by atoms with Gasteiger partial charge in [0.1, 0.15) is 5.60 Å². The Labute approximate surface area is 172 Å². The molecule has 1 N–H and O–H groups in total. The van der Waals surface area contributed by atoms with Crippen LogP contribution in [0.4, 0.5) is 11.4 Å². The molecule has 28 heavy (non-hydrogen) atoms. The summed E-state index contributed by atoms with van der Waals surface area (Å²) in [5.74, 6) is 0. The van der Waals surface area contributed by atoms with E-state index < -0.39 is 5.60 Å². The summed E-state index contributed by atoms with van der Waals surface area (Å²) in [6, 6.07) is 24.4. The second kappa shape index (κ2) is 8.29. The van der Waals surface area contributed by atoms with Gasteiger partial charge in [0.15, 0.2) is 0 Å². The first-order valence-corrected chi connectivity index (χ1v) is 10.5. The summed E-state index contributed by atoms with van der Waals surface area (Å²) >= 11 is 1.70. The van der Waals surface area contributed by atoms with E-state index in [1.807, 2.05) is 88.9 Å². The molecule has 0 amide bonds. The van der Waals surface area contributed by atoms with Gasteiger partial charge in [-0.05, 0) is 59.3 Å². The summed E-state index contributed by atoms with van der Waals surface area (Å²) in [4.78, 5) is 5.29. The van der Waals surface area contributed by atoms with Gasteiger partial charge in [-0.3, -0.25) is 0 Å². The van der Waals surface area contributed by atoms with E-state index in [0.717, 1.165) is 28.1 Å². The molecule has 0 spiro atoms. The van der Waals surface area contributed by atoms with Crippen LogP contribution in [0.3, 0.4) is 0 Å². The topological polar surface area (TPSA) is 26.7 Å². The van der Waals surface area contributed by atoms with Crippen LogP contribution < -0.4 is 9.80 Å². The van der Waals surface area contributed by atoms with E-state index >= 15 is 0 Å². The van der Waals surface area contributed by atoms with Gasteiger partial charge >= 0.3 is 0 Å². The Morgan fingerprint density at radius 1 is 0.607 bits per heavy atom. The van der Waals surface area contributed by atoms with E-state index in [0.29, 0.717) is 0 Å². The van der Waals surface area contributed by atoms with Gasteiger partial charge in [0.25, 0.3) is 0 Å². The third-order valence-corrected chi connectivity index (χ3v) is 5.85. The SMILES string of the molecule is CSc1ccc(C(O)(c2ccc(N(C)C)cc2)c2ccc(N(C)C)cc2)cc1. The molecule has 4 heteroatoms. The van der Waals surface area contributed by atoms with Gasteiger partial charge in [-0.15, -0.1) is 11.8 Å². The quantitative estimate of drug-likeness (QED) is 0.480. The van der Waals surface area contributed by atoms with Crippen molar-refractivity contribution in [3.05, 3.63) is 89.5 Å². The minimum Gasteiger partial charge on any atom is -0.378 e. The molecule has 0 atom stereocenters. The Morgan fingerprint density at radius 2 is 0.929 bits per heavy atom. The fraction of sp³-hybridized carbons (Fsp3) is 0.250. The molecule has 0 aliphatic carbocycles. The summed E-state index contributed by atoms with van der Waals surface area (Å²) in [6.07, 6.45) is 2.06. The third kappa shape index (κ3) is 3.89. The van der Waals surface area contributed by atoms with E-state index in [1.54, 1.807) is 11.8 Å². The summed E-state index contributed by atoms with van der Waals surface area (Å²) in [5, 5.41) is 12.0. The Bertz CT molecular complexity index is 849. The van der Waals surface area contributed by atoms with Crippen LogP contribution in [-0.2, 0) is 5.60 Å². The Morgan fingerprint density at radius 3 is 1.21 bits per heavy atom. The minimum absolute atomic E-state index is 0.854. The predicted molar refractivity (Wildman–Crippen MR) is 122 cm³/mol. The number of rotatable bonds is 6. The van der Waals surface area contributed by atoms with E-state index in [2.05, 4.69) is 28.2 Å². The maximum atomic E-state index is 12.0. The molecule has 3 rings (SSSR count). The first-order valence-electron chi connectivity index (χ1n) is 9.29. The average Bonchev–Trinajstić information content (AvgIpc) is 2.73. The van der Waals surface area contributed by atoms with Crippen molar-refractivity contribution in [2.75, 3.05) is 44.2 Å². The van der Waals surface area contributed by atoms with Crippen molar-refractivity contribution in [2.45, 2.75) is 10.5 Å². The Hall–Kier alpha value is -2.43. The second-order valence-electron chi connectivity index (χ2n) is 7.32. The minimum atomic E-state index is -1.22. The number of aliphatic hydroxyl groups is 1. The van der Waals surface area contributed by atoms with Gasteiger partial charge in [0, 0.05) is 44.5 Å². The van der Waals surface area contributed by atoms with Crippen molar-refractivity contribution in [3.63, 3.8) is 0 Å². The highest BCUT2D eigenvalue weighted by atomic mass is 32.2. The van der Waals surface area contributed by atoms with Crippen LogP contribution in [0.5, 0.6) is 0 Å². The van der Waals surface area contributed by atoms with Crippen LogP contribution in [-0.4, -0.2) is 39.6 Å². The van der Waals surface area contributed by atoms with E-state index in [9.17, 15) is 5.11 Å². The van der Waals surface area contributed by atoms with E-state index in [-0.39, 0.29) is 0 Å². The molecule has 0 aromatic heterocycles. The zero-order valence-electron chi connectivity index (χ0n) is 17.2.